The zero-order valence-corrected chi connectivity index (χ0v) is 16.8. The van der Waals surface area contributed by atoms with Crippen molar-refractivity contribution in [2.75, 3.05) is 13.1 Å². The summed E-state index contributed by atoms with van der Waals surface area (Å²) < 4.78 is 5.40. The zero-order chi connectivity index (χ0) is 19.3. The van der Waals surface area contributed by atoms with Gasteiger partial charge in [-0.3, -0.25) is 4.79 Å². The van der Waals surface area contributed by atoms with Crippen LogP contribution in [0.3, 0.4) is 0 Å². The fraction of sp³-hybridized carbons (Fsp3) is 0.600. The molecular formula is C20H29ClN2O3. The molecule has 1 aliphatic heterocycles. The van der Waals surface area contributed by atoms with Crippen LogP contribution in [0.4, 0.5) is 4.79 Å². The molecule has 26 heavy (non-hydrogen) atoms. The fourth-order valence-electron chi connectivity index (χ4n) is 3.06. The first kappa shape index (κ1) is 20.6. The van der Waals surface area contributed by atoms with Crippen LogP contribution in [0, 0.1) is 5.92 Å². The molecule has 0 aromatic heterocycles. The number of hydrogen-bond donors (Lipinski definition) is 1. The van der Waals surface area contributed by atoms with Crippen LogP contribution in [0.1, 0.15) is 58.6 Å². The Labute approximate surface area is 161 Å². The molecule has 1 fully saturated rings. The summed E-state index contributed by atoms with van der Waals surface area (Å²) in [5.74, 6) is -0.0225. The molecule has 144 valence electrons. The molecule has 1 aromatic rings. The van der Waals surface area contributed by atoms with E-state index in [1.165, 1.54) is 0 Å². The molecule has 1 atom stereocenters. The lowest BCUT2D eigenvalue weighted by molar-refractivity contribution is -0.127. The van der Waals surface area contributed by atoms with Gasteiger partial charge < -0.3 is 15.0 Å². The molecule has 2 amide bonds. The molecule has 2 rings (SSSR count). The van der Waals surface area contributed by atoms with Gasteiger partial charge in [0, 0.05) is 24.0 Å². The fourth-order valence-corrected chi connectivity index (χ4v) is 3.18. The van der Waals surface area contributed by atoms with E-state index in [9.17, 15) is 9.59 Å². The quantitative estimate of drug-likeness (QED) is 0.833. The van der Waals surface area contributed by atoms with Gasteiger partial charge in [0.05, 0.1) is 6.04 Å². The van der Waals surface area contributed by atoms with E-state index in [2.05, 4.69) is 5.32 Å². The molecular weight excluding hydrogens is 352 g/mol. The number of piperidine rings is 1. The standard InChI is InChI=1S/C20H29ClN2O3/c1-5-17(14-6-8-16(21)9-7-14)22-18(24)15-10-12-23(13-11-15)19(25)26-20(2,3)4/h6-9,15,17H,5,10-13H2,1-4H3,(H,22,24). The molecule has 0 saturated carbocycles. The maximum Gasteiger partial charge on any atom is 0.410 e. The molecule has 0 spiro atoms. The van der Waals surface area contributed by atoms with Crippen molar-refractivity contribution in [3.05, 3.63) is 34.9 Å². The second kappa shape index (κ2) is 8.76. The lowest BCUT2D eigenvalue weighted by atomic mass is 9.95. The van der Waals surface area contributed by atoms with Crippen LogP contribution in [0.25, 0.3) is 0 Å². The number of carbonyl (C=O) groups excluding carboxylic acids is 2. The predicted octanol–water partition coefficient (Wildman–Crippen LogP) is 4.55. The normalized spacial score (nSPS) is 16.9. The molecule has 5 nitrogen and oxygen atoms in total. The zero-order valence-electron chi connectivity index (χ0n) is 16.0. The number of ether oxygens (including phenoxy) is 1. The van der Waals surface area contributed by atoms with Gasteiger partial charge >= 0.3 is 6.09 Å². The molecule has 0 radical (unpaired) electrons. The summed E-state index contributed by atoms with van der Waals surface area (Å²) in [6.45, 7) is 8.70. The monoisotopic (exact) mass is 380 g/mol. The molecule has 1 N–H and O–H groups in total. The van der Waals surface area contributed by atoms with Crippen LogP contribution in [0.15, 0.2) is 24.3 Å². The Balaban J connectivity index is 1.87. The lowest BCUT2D eigenvalue weighted by Crippen LogP contribution is -2.45. The summed E-state index contributed by atoms with van der Waals surface area (Å²) in [5, 5.41) is 3.82. The molecule has 0 aliphatic carbocycles. The van der Waals surface area contributed by atoms with Crippen molar-refractivity contribution in [2.24, 2.45) is 5.92 Å². The molecule has 1 aliphatic rings. The number of hydrogen-bond acceptors (Lipinski definition) is 3. The van der Waals surface area contributed by atoms with Crippen molar-refractivity contribution in [2.45, 2.75) is 58.6 Å². The first-order chi connectivity index (χ1) is 12.2. The van der Waals surface area contributed by atoms with Crippen LogP contribution >= 0.6 is 11.6 Å². The van der Waals surface area contributed by atoms with Gasteiger partial charge in [0.15, 0.2) is 0 Å². The van der Waals surface area contributed by atoms with E-state index >= 15 is 0 Å². The highest BCUT2D eigenvalue weighted by Gasteiger charge is 2.30. The number of amides is 2. The van der Waals surface area contributed by atoms with Gasteiger partial charge in [0.25, 0.3) is 0 Å². The number of benzene rings is 1. The minimum Gasteiger partial charge on any atom is -0.444 e. The predicted molar refractivity (Wildman–Crippen MR) is 103 cm³/mol. The average Bonchev–Trinajstić information content (AvgIpc) is 2.59. The van der Waals surface area contributed by atoms with Crippen molar-refractivity contribution >= 4 is 23.6 Å². The van der Waals surface area contributed by atoms with E-state index in [0.717, 1.165) is 12.0 Å². The molecule has 1 unspecified atom stereocenters. The molecule has 1 aromatic carbocycles. The highest BCUT2D eigenvalue weighted by Crippen LogP contribution is 2.23. The van der Waals surface area contributed by atoms with Gasteiger partial charge in [0.1, 0.15) is 5.60 Å². The summed E-state index contributed by atoms with van der Waals surface area (Å²) in [6.07, 6.45) is 1.82. The van der Waals surface area contributed by atoms with Crippen molar-refractivity contribution in [1.29, 1.82) is 0 Å². The van der Waals surface area contributed by atoms with E-state index < -0.39 is 5.60 Å². The van der Waals surface area contributed by atoms with Crippen molar-refractivity contribution in [1.82, 2.24) is 10.2 Å². The van der Waals surface area contributed by atoms with E-state index in [1.807, 2.05) is 52.0 Å². The Morgan fingerprint density at radius 2 is 1.81 bits per heavy atom. The lowest BCUT2D eigenvalue weighted by Gasteiger charge is -2.33. The van der Waals surface area contributed by atoms with Gasteiger partial charge in [0.2, 0.25) is 5.91 Å². The van der Waals surface area contributed by atoms with Gasteiger partial charge in [-0.1, -0.05) is 30.7 Å². The van der Waals surface area contributed by atoms with Gasteiger partial charge in [-0.15, -0.1) is 0 Å². The summed E-state index contributed by atoms with van der Waals surface area (Å²) in [6, 6.07) is 7.54. The SMILES string of the molecule is CCC(NC(=O)C1CCN(C(=O)OC(C)(C)C)CC1)c1ccc(Cl)cc1. The Kier molecular flexibility index (Phi) is 6.93. The smallest absolute Gasteiger partial charge is 0.410 e. The summed E-state index contributed by atoms with van der Waals surface area (Å²) in [4.78, 5) is 26.4. The van der Waals surface area contributed by atoms with Crippen LogP contribution in [-0.2, 0) is 9.53 Å². The minimum absolute atomic E-state index is 0.0244. The van der Waals surface area contributed by atoms with Crippen molar-refractivity contribution in [3.8, 4) is 0 Å². The average molecular weight is 381 g/mol. The van der Waals surface area contributed by atoms with Crippen LogP contribution in [-0.4, -0.2) is 35.6 Å². The number of likely N-dealkylation sites (tertiary alicyclic amines) is 1. The topological polar surface area (TPSA) is 58.6 Å². The van der Waals surface area contributed by atoms with E-state index in [0.29, 0.717) is 31.0 Å². The third-order valence-corrected chi connectivity index (χ3v) is 4.77. The molecule has 6 heteroatoms. The van der Waals surface area contributed by atoms with Crippen LogP contribution in [0.5, 0.6) is 0 Å². The largest absolute Gasteiger partial charge is 0.444 e. The van der Waals surface area contributed by atoms with E-state index in [-0.39, 0.29) is 24.0 Å². The maximum absolute atomic E-state index is 12.6. The summed E-state index contributed by atoms with van der Waals surface area (Å²) in [5.41, 5.74) is 0.551. The Morgan fingerprint density at radius 1 is 1.23 bits per heavy atom. The van der Waals surface area contributed by atoms with E-state index in [1.54, 1.807) is 4.90 Å². The first-order valence-electron chi connectivity index (χ1n) is 9.23. The summed E-state index contributed by atoms with van der Waals surface area (Å²) >= 11 is 5.94. The molecule has 1 heterocycles. The molecule has 0 bridgehead atoms. The number of nitrogens with one attached hydrogen (secondary N) is 1. The van der Waals surface area contributed by atoms with Crippen molar-refractivity contribution in [3.63, 3.8) is 0 Å². The Hall–Kier alpha value is -1.75. The number of nitrogens with zero attached hydrogens (tertiary/aromatic N) is 1. The third kappa shape index (κ3) is 5.90. The second-order valence-electron chi connectivity index (χ2n) is 7.76. The van der Waals surface area contributed by atoms with Gasteiger partial charge in [-0.05, 0) is 57.7 Å². The van der Waals surface area contributed by atoms with E-state index in [4.69, 9.17) is 16.3 Å². The van der Waals surface area contributed by atoms with Gasteiger partial charge in [-0.2, -0.15) is 0 Å². The minimum atomic E-state index is -0.502. The number of rotatable bonds is 4. The second-order valence-corrected chi connectivity index (χ2v) is 8.20. The van der Waals surface area contributed by atoms with Crippen LogP contribution in [0.2, 0.25) is 5.02 Å². The number of halogens is 1. The highest BCUT2D eigenvalue weighted by molar-refractivity contribution is 6.30. The Bertz CT molecular complexity index is 617. The Morgan fingerprint density at radius 3 is 2.31 bits per heavy atom. The third-order valence-electron chi connectivity index (χ3n) is 4.51. The van der Waals surface area contributed by atoms with Crippen molar-refractivity contribution < 1.29 is 14.3 Å². The maximum atomic E-state index is 12.6. The number of carbonyl (C=O) groups is 2. The molecule has 1 saturated heterocycles. The highest BCUT2D eigenvalue weighted by atomic mass is 35.5. The summed E-state index contributed by atoms with van der Waals surface area (Å²) in [7, 11) is 0. The first-order valence-corrected chi connectivity index (χ1v) is 9.61. The van der Waals surface area contributed by atoms with Gasteiger partial charge in [-0.25, -0.2) is 4.79 Å². The van der Waals surface area contributed by atoms with Crippen LogP contribution < -0.4 is 5.32 Å².